The van der Waals surface area contributed by atoms with E-state index in [4.69, 9.17) is 4.74 Å². The number of sulfone groups is 1. The Morgan fingerprint density at radius 2 is 2.00 bits per heavy atom. The van der Waals surface area contributed by atoms with Gasteiger partial charge in [0.2, 0.25) is 0 Å². The van der Waals surface area contributed by atoms with Gasteiger partial charge in [0, 0.05) is 13.2 Å². The van der Waals surface area contributed by atoms with Crippen molar-refractivity contribution in [2.45, 2.75) is 51.3 Å². The van der Waals surface area contributed by atoms with Crippen molar-refractivity contribution in [2.75, 3.05) is 26.0 Å². The van der Waals surface area contributed by atoms with E-state index in [2.05, 4.69) is 19.2 Å². The molecule has 0 aromatic heterocycles. The lowest BCUT2D eigenvalue weighted by molar-refractivity contribution is 0.214. The molecule has 1 aliphatic rings. The lowest BCUT2D eigenvalue weighted by Crippen LogP contribution is -2.49. The van der Waals surface area contributed by atoms with Crippen molar-refractivity contribution in [3.05, 3.63) is 0 Å². The Labute approximate surface area is 118 Å². The minimum Gasteiger partial charge on any atom is -0.384 e. The van der Waals surface area contributed by atoms with Crippen molar-refractivity contribution in [2.24, 2.45) is 11.8 Å². The average Bonchev–Trinajstić information content (AvgIpc) is 2.37. The highest BCUT2D eigenvalue weighted by molar-refractivity contribution is 7.92. The minimum atomic E-state index is -3.07. The van der Waals surface area contributed by atoms with Gasteiger partial charge in [0.15, 0.2) is 9.84 Å². The summed E-state index contributed by atoms with van der Waals surface area (Å²) in [7, 11) is -1.52. The summed E-state index contributed by atoms with van der Waals surface area (Å²) in [4.78, 5) is 0. The van der Waals surface area contributed by atoms with Crippen LogP contribution in [0.3, 0.4) is 0 Å². The zero-order valence-corrected chi connectivity index (χ0v) is 13.5. The highest BCUT2D eigenvalue weighted by Crippen LogP contribution is 2.33. The second-order valence-electron chi connectivity index (χ2n) is 5.88. The maximum atomic E-state index is 12.5. The van der Waals surface area contributed by atoms with Gasteiger partial charge in [0.05, 0.1) is 17.6 Å². The van der Waals surface area contributed by atoms with Gasteiger partial charge in [-0.1, -0.05) is 20.8 Å². The average molecular weight is 291 g/mol. The third-order valence-electron chi connectivity index (χ3n) is 4.27. The first-order chi connectivity index (χ1) is 8.92. The van der Waals surface area contributed by atoms with E-state index in [0.717, 1.165) is 25.8 Å². The summed E-state index contributed by atoms with van der Waals surface area (Å²) >= 11 is 0. The summed E-state index contributed by atoms with van der Waals surface area (Å²) in [6.45, 7) is 7.54. The normalized spacial score (nSPS) is 28.8. The molecule has 3 atom stereocenters. The molecule has 0 aliphatic heterocycles. The first-order valence-corrected chi connectivity index (χ1v) is 9.07. The molecule has 1 aliphatic carbocycles. The molecule has 0 radical (unpaired) electrons. The van der Waals surface area contributed by atoms with Crippen LogP contribution in [-0.4, -0.2) is 45.7 Å². The van der Waals surface area contributed by atoms with E-state index in [0.29, 0.717) is 18.4 Å². The second-order valence-corrected chi connectivity index (χ2v) is 8.22. The number of nitrogens with one attached hydrogen (secondary N) is 1. The molecule has 1 fully saturated rings. The van der Waals surface area contributed by atoms with Crippen LogP contribution in [0, 0.1) is 11.8 Å². The highest BCUT2D eigenvalue weighted by Gasteiger charge is 2.38. The molecular formula is C14H29NO3S. The molecule has 0 aromatic rings. The van der Waals surface area contributed by atoms with E-state index < -0.39 is 9.84 Å². The Morgan fingerprint density at radius 1 is 1.32 bits per heavy atom. The molecule has 0 amide bonds. The summed E-state index contributed by atoms with van der Waals surface area (Å²) < 4.78 is 29.9. The summed E-state index contributed by atoms with van der Waals surface area (Å²) in [5.41, 5.74) is 0. The first-order valence-electron chi connectivity index (χ1n) is 7.36. The van der Waals surface area contributed by atoms with Crippen LogP contribution in [0.5, 0.6) is 0 Å². The number of hydrogen-bond acceptors (Lipinski definition) is 4. The molecule has 0 aromatic carbocycles. The molecular weight excluding hydrogens is 262 g/mol. The largest absolute Gasteiger partial charge is 0.384 e. The Kier molecular flexibility index (Phi) is 6.77. The van der Waals surface area contributed by atoms with Crippen LogP contribution in [-0.2, 0) is 14.6 Å². The summed E-state index contributed by atoms with van der Waals surface area (Å²) in [6, 6.07) is 0.113. The summed E-state index contributed by atoms with van der Waals surface area (Å²) in [5, 5.41) is 3.11. The SMILES string of the molecule is CCNC1CCC(C(C)C)CC1S(=O)(=O)CCOC. The molecule has 0 heterocycles. The fraction of sp³-hybridized carbons (Fsp3) is 1.00. The van der Waals surface area contributed by atoms with Gasteiger partial charge >= 0.3 is 0 Å². The maximum Gasteiger partial charge on any atom is 0.156 e. The molecule has 4 nitrogen and oxygen atoms in total. The Bertz CT molecular complexity index is 354. The van der Waals surface area contributed by atoms with E-state index in [1.807, 2.05) is 6.92 Å². The predicted molar refractivity (Wildman–Crippen MR) is 79.1 cm³/mol. The van der Waals surface area contributed by atoms with Gasteiger partial charge in [-0.2, -0.15) is 0 Å². The number of methoxy groups -OCH3 is 1. The molecule has 0 saturated heterocycles. The summed E-state index contributed by atoms with van der Waals surface area (Å²) in [5.74, 6) is 1.22. The fourth-order valence-electron chi connectivity index (χ4n) is 3.01. The third-order valence-corrected chi connectivity index (χ3v) is 6.45. The molecule has 3 unspecified atom stereocenters. The van der Waals surface area contributed by atoms with Crippen LogP contribution in [0.1, 0.15) is 40.0 Å². The van der Waals surface area contributed by atoms with E-state index in [1.165, 1.54) is 0 Å². The predicted octanol–water partition coefficient (Wildman–Crippen LogP) is 1.85. The number of ether oxygens (including phenoxy) is 1. The van der Waals surface area contributed by atoms with Crippen molar-refractivity contribution in [3.63, 3.8) is 0 Å². The Balaban J connectivity index is 2.81. The van der Waals surface area contributed by atoms with Gasteiger partial charge < -0.3 is 10.1 Å². The fourth-order valence-corrected chi connectivity index (χ4v) is 4.98. The zero-order valence-electron chi connectivity index (χ0n) is 12.7. The zero-order chi connectivity index (χ0) is 14.5. The van der Waals surface area contributed by atoms with Gasteiger partial charge in [-0.25, -0.2) is 8.42 Å². The molecule has 1 rings (SSSR count). The number of rotatable bonds is 7. The molecule has 5 heteroatoms. The quantitative estimate of drug-likeness (QED) is 0.778. The van der Waals surface area contributed by atoms with Crippen LogP contribution in [0.4, 0.5) is 0 Å². The molecule has 114 valence electrons. The van der Waals surface area contributed by atoms with Crippen molar-refractivity contribution < 1.29 is 13.2 Å². The molecule has 0 bridgehead atoms. The number of hydrogen-bond donors (Lipinski definition) is 1. The van der Waals surface area contributed by atoms with Crippen LogP contribution in [0.25, 0.3) is 0 Å². The Hall–Kier alpha value is -0.130. The van der Waals surface area contributed by atoms with Crippen molar-refractivity contribution in [1.29, 1.82) is 0 Å². The van der Waals surface area contributed by atoms with Gasteiger partial charge in [0.1, 0.15) is 0 Å². The van der Waals surface area contributed by atoms with E-state index >= 15 is 0 Å². The maximum absolute atomic E-state index is 12.5. The summed E-state index contributed by atoms with van der Waals surface area (Å²) in [6.07, 6.45) is 2.89. The molecule has 19 heavy (non-hydrogen) atoms. The van der Waals surface area contributed by atoms with Gasteiger partial charge in [-0.3, -0.25) is 0 Å². The van der Waals surface area contributed by atoms with Crippen LogP contribution in [0.2, 0.25) is 0 Å². The third kappa shape index (κ3) is 4.72. The lowest BCUT2D eigenvalue weighted by Gasteiger charge is -2.37. The van der Waals surface area contributed by atoms with Crippen molar-refractivity contribution in [1.82, 2.24) is 5.32 Å². The standard InChI is InChI=1S/C14H29NO3S/c1-5-15-13-7-6-12(11(2)3)10-14(13)19(16,17)9-8-18-4/h11-15H,5-10H2,1-4H3. The van der Waals surface area contributed by atoms with Crippen molar-refractivity contribution >= 4 is 9.84 Å². The minimum absolute atomic E-state index is 0.113. The van der Waals surface area contributed by atoms with E-state index in [-0.39, 0.29) is 17.0 Å². The van der Waals surface area contributed by atoms with Crippen LogP contribution < -0.4 is 5.32 Å². The molecule has 1 saturated carbocycles. The molecule has 1 N–H and O–H groups in total. The first kappa shape index (κ1) is 16.9. The van der Waals surface area contributed by atoms with Crippen LogP contribution >= 0.6 is 0 Å². The topological polar surface area (TPSA) is 55.4 Å². The van der Waals surface area contributed by atoms with Gasteiger partial charge in [-0.15, -0.1) is 0 Å². The van der Waals surface area contributed by atoms with Gasteiger partial charge in [0.25, 0.3) is 0 Å². The van der Waals surface area contributed by atoms with Crippen LogP contribution in [0.15, 0.2) is 0 Å². The van der Waals surface area contributed by atoms with E-state index in [1.54, 1.807) is 7.11 Å². The van der Waals surface area contributed by atoms with Gasteiger partial charge in [-0.05, 0) is 37.6 Å². The lowest BCUT2D eigenvalue weighted by atomic mass is 9.79. The monoisotopic (exact) mass is 291 g/mol. The highest BCUT2D eigenvalue weighted by atomic mass is 32.2. The van der Waals surface area contributed by atoms with E-state index in [9.17, 15) is 8.42 Å². The smallest absolute Gasteiger partial charge is 0.156 e. The Morgan fingerprint density at radius 3 is 2.53 bits per heavy atom. The second kappa shape index (κ2) is 7.60. The van der Waals surface area contributed by atoms with Crippen molar-refractivity contribution in [3.8, 4) is 0 Å². The molecule has 0 spiro atoms.